The van der Waals surface area contributed by atoms with E-state index in [-0.39, 0.29) is 30.4 Å². The van der Waals surface area contributed by atoms with Gasteiger partial charge >= 0.3 is 0 Å². The highest BCUT2D eigenvalue weighted by molar-refractivity contribution is 4.91. The number of nitrogens with two attached hydrogens (primary N) is 2. The minimum Gasteiger partial charge on any atom is -1.00 e. The van der Waals surface area contributed by atoms with Gasteiger partial charge in [0.05, 0.1) is 12.2 Å². The van der Waals surface area contributed by atoms with Crippen molar-refractivity contribution in [3.63, 3.8) is 0 Å². The van der Waals surface area contributed by atoms with Crippen molar-refractivity contribution < 1.29 is 40.2 Å². The Morgan fingerprint density at radius 1 is 1.25 bits per heavy atom. The SMILES string of the molecule is CCC1(C)CC2(CCO1)C[NH2+]CC[NH2+]2.[Cl-].[Cl-]. The van der Waals surface area contributed by atoms with E-state index < -0.39 is 0 Å². The summed E-state index contributed by atoms with van der Waals surface area (Å²) in [5.41, 5.74) is 0.626. The summed E-state index contributed by atoms with van der Waals surface area (Å²) in [6.45, 7) is 9.31. The number of ether oxygens (including phenoxy) is 1. The number of quaternary nitrogens is 2. The average Bonchev–Trinajstić information content (AvgIpc) is 2.19. The molecule has 2 rings (SSSR count). The third-order valence-corrected chi connectivity index (χ3v) is 4.02. The van der Waals surface area contributed by atoms with Gasteiger partial charge in [0, 0.05) is 12.8 Å². The summed E-state index contributed by atoms with van der Waals surface area (Å²) in [5.74, 6) is 0. The summed E-state index contributed by atoms with van der Waals surface area (Å²) < 4.78 is 5.91. The fraction of sp³-hybridized carbons (Fsp3) is 1.00. The molecule has 2 saturated heterocycles. The highest BCUT2D eigenvalue weighted by Gasteiger charge is 2.47. The standard InChI is InChI=1S/C11H22N2O.2ClH/c1-3-10(2)8-11(4-7-14-10)9-12-5-6-13-11;;/h12-13H,3-9H2,1-2H3;2*1H. The maximum atomic E-state index is 5.91. The molecule has 2 atom stereocenters. The first-order valence-corrected chi connectivity index (χ1v) is 5.98. The van der Waals surface area contributed by atoms with Crippen LogP contribution in [0.25, 0.3) is 0 Å². The Balaban J connectivity index is 0.00000112. The van der Waals surface area contributed by atoms with Crippen molar-refractivity contribution in [3.8, 4) is 0 Å². The average molecular weight is 271 g/mol. The van der Waals surface area contributed by atoms with Crippen LogP contribution in [0.1, 0.15) is 33.1 Å². The Morgan fingerprint density at radius 3 is 2.56 bits per heavy atom. The number of rotatable bonds is 1. The lowest BCUT2D eigenvalue weighted by Crippen LogP contribution is -3.13. The Labute approximate surface area is 111 Å². The third-order valence-electron chi connectivity index (χ3n) is 4.02. The molecular weight excluding hydrogens is 247 g/mol. The van der Waals surface area contributed by atoms with Crippen LogP contribution in [0, 0.1) is 0 Å². The van der Waals surface area contributed by atoms with Gasteiger partial charge in [-0.15, -0.1) is 0 Å². The van der Waals surface area contributed by atoms with E-state index >= 15 is 0 Å². The van der Waals surface area contributed by atoms with Gasteiger partial charge in [-0.2, -0.15) is 0 Å². The van der Waals surface area contributed by atoms with Crippen LogP contribution >= 0.6 is 0 Å². The number of piperazine rings is 1. The van der Waals surface area contributed by atoms with E-state index in [9.17, 15) is 0 Å². The van der Waals surface area contributed by atoms with Gasteiger partial charge in [0.1, 0.15) is 19.6 Å². The van der Waals surface area contributed by atoms with Crippen LogP contribution in [-0.4, -0.2) is 37.4 Å². The van der Waals surface area contributed by atoms with Crippen molar-refractivity contribution in [2.45, 2.75) is 44.2 Å². The van der Waals surface area contributed by atoms with Crippen molar-refractivity contribution in [1.82, 2.24) is 0 Å². The third kappa shape index (κ3) is 3.47. The maximum absolute atomic E-state index is 5.91. The summed E-state index contributed by atoms with van der Waals surface area (Å²) in [5, 5.41) is 5.05. The first-order valence-electron chi connectivity index (χ1n) is 5.98. The molecule has 0 aliphatic carbocycles. The molecule has 3 nitrogen and oxygen atoms in total. The van der Waals surface area contributed by atoms with Crippen LogP contribution in [-0.2, 0) is 4.74 Å². The van der Waals surface area contributed by atoms with E-state index in [2.05, 4.69) is 24.5 Å². The molecular formula is C11H24Cl2N2O. The lowest BCUT2D eigenvalue weighted by molar-refractivity contribution is -0.841. The molecule has 0 bridgehead atoms. The molecule has 0 radical (unpaired) electrons. The largest absolute Gasteiger partial charge is 1.00 e. The fourth-order valence-electron chi connectivity index (χ4n) is 2.94. The Morgan fingerprint density at radius 2 is 2.00 bits per heavy atom. The number of halogens is 2. The Hall–Kier alpha value is 0.460. The summed E-state index contributed by atoms with van der Waals surface area (Å²) in [7, 11) is 0. The second-order valence-corrected chi connectivity index (χ2v) is 5.22. The van der Waals surface area contributed by atoms with E-state index in [0.29, 0.717) is 5.54 Å². The van der Waals surface area contributed by atoms with Crippen molar-refractivity contribution in [3.05, 3.63) is 0 Å². The van der Waals surface area contributed by atoms with Crippen LogP contribution in [0.4, 0.5) is 0 Å². The molecule has 4 N–H and O–H groups in total. The molecule has 0 amide bonds. The van der Waals surface area contributed by atoms with Gasteiger partial charge in [0.15, 0.2) is 5.54 Å². The topological polar surface area (TPSA) is 42.5 Å². The molecule has 2 aliphatic heterocycles. The molecule has 2 heterocycles. The molecule has 1 spiro atoms. The van der Waals surface area contributed by atoms with Crippen LogP contribution < -0.4 is 35.4 Å². The highest BCUT2D eigenvalue weighted by Crippen LogP contribution is 2.31. The minimum atomic E-state index is 0. The van der Waals surface area contributed by atoms with Crippen molar-refractivity contribution in [2.75, 3.05) is 26.2 Å². The summed E-state index contributed by atoms with van der Waals surface area (Å²) in [4.78, 5) is 0. The molecule has 2 aliphatic rings. The predicted octanol–water partition coefficient (Wildman–Crippen LogP) is -7.15. The van der Waals surface area contributed by atoms with E-state index in [1.54, 1.807) is 0 Å². The van der Waals surface area contributed by atoms with Crippen molar-refractivity contribution in [2.24, 2.45) is 0 Å². The molecule has 0 saturated carbocycles. The first kappa shape index (κ1) is 16.5. The normalized spacial score (nSPS) is 38.6. The minimum absolute atomic E-state index is 0. The summed E-state index contributed by atoms with van der Waals surface area (Å²) in [6, 6.07) is 0. The molecule has 16 heavy (non-hydrogen) atoms. The van der Waals surface area contributed by atoms with Gasteiger partial charge < -0.3 is 40.2 Å². The second-order valence-electron chi connectivity index (χ2n) is 5.22. The monoisotopic (exact) mass is 270 g/mol. The highest BCUT2D eigenvalue weighted by atomic mass is 35.5. The molecule has 0 aromatic rings. The zero-order valence-corrected chi connectivity index (χ0v) is 11.8. The van der Waals surface area contributed by atoms with Crippen molar-refractivity contribution in [1.29, 1.82) is 0 Å². The predicted molar refractivity (Wildman–Crippen MR) is 55.1 cm³/mol. The van der Waals surface area contributed by atoms with Gasteiger partial charge in [-0.25, -0.2) is 0 Å². The first-order chi connectivity index (χ1) is 6.68. The molecule has 2 unspecified atom stereocenters. The van der Waals surface area contributed by atoms with Crippen LogP contribution in [0.15, 0.2) is 0 Å². The summed E-state index contributed by atoms with van der Waals surface area (Å²) in [6.07, 6.45) is 3.61. The maximum Gasteiger partial charge on any atom is 0.150 e. The number of hydrogen-bond acceptors (Lipinski definition) is 1. The van der Waals surface area contributed by atoms with E-state index in [1.807, 2.05) is 0 Å². The van der Waals surface area contributed by atoms with E-state index in [1.165, 1.54) is 32.5 Å². The van der Waals surface area contributed by atoms with E-state index in [0.717, 1.165) is 13.0 Å². The fourth-order valence-corrected chi connectivity index (χ4v) is 2.94. The molecule has 2 fully saturated rings. The summed E-state index contributed by atoms with van der Waals surface area (Å²) >= 11 is 0. The van der Waals surface area contributed by atoms with Gasteiger partial charge in [0.25, 0.3) is 0 Å². The quantitative estimate of drug-likeness (QED) is 0.489. The lowest BCUT2D eigenvalue weighted by atomic mass is 9.78. The van der Waals surface area contributed by atoms with Crippen molar-refractivity contribution >= 4 is 0 Å². The zero-order valence-electron chi connectivity index (χ0n) is 10.3. The van der Waals surface area contributed by atoms with Crippen LogP contribution in [0.3, 0.4) is 0 Å². The second kappa shape index (κ2) is 6.41. The van der Waals surface area contributed by atoms with Crippen LogP contribution in [0.5, 0.6) is 0 Å². The molecule has 98 valence electrons. The molecule has 0 aromatic heterocycles. The van der Waals surface area contributed by atoms with Gasteiger partial charge in [0.2, 0.25) is 0 Å². The smallest absolute Gasteiger partial charge is 0.150 e. The van der Waals surface area contributed by atoms with Crippen LogP contribution in [0.2, 0.25) is 0 Å². The zero-order chi connectivity index (χ0) is 10.1. The Kier molecular flexibility index (Phi) is 6.59. The Bertz CT molecular complexity index is 205. The molecule has 5 heteroatoms. The lowest BCUT2D eigenvalue weighted by Gasteiger charge is -2.44. The van der Waals surface area contributed by atoms with Gasteiger partial charge in [-0.05, 0) is 13.3 Å². The molecule has 0 aromatic carbocycles. The number of hydrogen-bond donors (Lipinski definition) is 2. The van der Waals surface area contributed by atoms with Gasteiger partial charge in [-0.3, -0.25) is 0 Å². The van der Waals surface area contributed by atoms with Gasteiger partial charge in [-0.1, -0.05) is 6.92 Å². The van der Waals surface area contributed by atoms with E-state index in [4.69, 9.17) is 4.74 Å².